The number of rotatable bonds is 4. The maximum Gasteiger partial charge on any atom is 0.231 e. The van der Waals surface area contributed by atoms with Crippen LogP contribution in [0.1, 0.15) is 50.5 Å². The molecular formula is C21H31ClN2O2. The van der Waals surface area contributed by atoms with Gasteiger partial charge in [-0.3, -0.25) is 9.69 Å². The molecule has 0 bridgehead atoms. The first-order valence-corrected chi connectivity index (χ1v) is 9.33. The molecule has 2 aliphatic rings. The van der Waals surface area contributed by atoms with Crippen LogP contribution in [0, 0.1) is 11.8 Å². The van der Waals surface area contributed by atoms with Crippen LogP contribution in [0.2, 0.25) is 0 Å². The van der Waals surface area contributed by atoms with Crippen LogP contribution in [0.3, 0.4) is 0 Å². The molecule has 0 atom stereocenters. The van der Waals surface area contributed by atoms with Gasteiger partial charge in [-0.25, -0.2) is 0 Å². The van der Waals surface area contributed by atoms with E-state index in [4.69, 9.17) is 0 Å². The minimum absolute atomic E-state index is 0. The number of amides is 1. The number of likely N-dealkylation sites (tertiary alicyclic amines) is 1. The molecule has 1 saturated carbocycles. The van der Waals surface area contributed by atoms with Gasteiger partial charge in [0, 0.05) is 0 Å². The number of halogens is 1. The SMILES string of the molecule is Cl.O.O=C(NCC#CCN1CCCC1)C1(c2ccccc2)CCCCC1. The van der Waals surface area contributed by atoms with Crippen molar-refractivity contribution in [3.63, 3.8) is 0 Å². The van der Waals surface area contributed by atoms with Crippen molar-refractivity contribution in [1.82, 2.24) is 10.2 Å². The number of nitrogens with one attached hydrogen (secondary N) is 1. The van der Waals surface area contributed by atoms with Gasteiger partial charge in [0.05, 0.1) is 18.5 Å². The number of nitrogens with zero attached hydrogens (tertiary/aromatic N) is 1. The monoisotopic (exact) mass is 378 g/mol. The predicted octanol–water partition coefficient (Wildman–Crippen LogP) is 2.70. The summed E-state index contributed by atoms with van der Waals surface area (Å²) in [6.45, 7) is 3.62. The second kappa shape index (κ2) is 11.2. The maximum atomic E-state index is 13.0. The van der Waals surface area contributed by atoms with E-state index in [1.807, 2.05) is 18.2 Å². The van der Waals surface area contributed by atoms with Crippen molar-refractivity contribution in [1.29, 1.82) is 0 Å². The quantitative estimate of drug-likeness (QED) is 0.818. The second-order valence-electron chi connectivity index (χ2n) is 7.03. The van der Waals surface area contributed by atoms with E-state index in [0.29, 0.717) is 6.54 Å². The van der Waals surface area contributed by atoms with Gasteiger partial charge in [-0.1, -0.05) is 61.4 Å². The van der Waals surface area contributed by atoms with Gasteiger partial charge in [0.2, 0.25) is 5.91 Å². The van der Waals surface area contributed by atoms with E-state index < -0.39 is 0 Å². The predicted molar refractivity (Wildman–Crippen MR) is 109 cm³/mol. The molecule has 1 saturated heterocycles. The van der Waals surface area contributed by atoms with Crippen molar-refractivity contribution in [2.24, 2.45) is 0 Å². The highest BCUT2D eigenvalue weighted by Gasteiger charge is 2.40. The Labute approximate surface area is 163 Å². The Hall–Kier alpha value is -1.54. The van der Waals surface area contributed by atoms with Crippen molar-refractivity contribution in [2.75, 3.05) is 26.2 Å². The average molecular weight is 379 g/mol. The lowest BCUT2D eigenvalue weighted by molar-refractivity contribution is -0.127. The molecule has 3 rings (SSSR count). The van der Waals surface area contributed by atoms with Gasteiger partial charge in [0.1, 0.15) is 0 Å². The number of benzene rings is 1. The van der Waals surface area contributed by atoms with Gasteiger partial charge in [-0.15, -0.1) is 12.4 Å². The van der Waals surface area contributed by atoms with Gasteiger partial charge in [0.15, 0.2) is 0 Å². The van der Waals surface area contributed by atoms with Gasteiger partial charge < -0.3 is 10.8 Å². The normalized spacial score (nSPS) is 18.6. The van der Waals surface area contributed by atoms with E-state index in [1.165, 1.54) is 19.3 Å². The molecule has 1 aromatic rings. The minimum Gasteiger partial charge on any atom is -0.412 e. The zero-order chi connectivity index (χ0) is 16.7. The fourth-order valence-corrected chi connectivity index (χ4v) is 4.02. The van der Waals surface area contributed by atoms with Crippen LogP contribution in [0.4, 0.5) is 0 Å². The lowest BCUT2D eigenvalue weighted by atomic mass is 9.68. The summed E-state index contributed by atoms with van der Waals surface area (Å²) in [5.74, 6) is 6.48. The van der Waals surface area contributed by atoms with Crippen molar-refractivity contribution in [3.05, 3.63) is 35.9 Å². The summed E-state index contributed by atoms with van der Waals surface area (Å²) in [5, 5.41) is 3.09. The lowest BCUT2D eigenvalue weighted by Gasteiger charge is -2.36. The van der Waals surface area contributed by atoms with E-state index in [-0.39, 0.29) is 29.2 Å². The largest absolute Gasteiger partial charge is 0.412 e. The summed E-state index contributed by atoms with van der Waals surface area (Å²) in [6.07, 6.45) is 7.97. The molecule has 1 aliphatic heterocycles. The highest BCUT2D eigenvalue weighted by Crippen LogP contribution is 2.39. The molecule has 144 valence electrons. The van der Waals surface area contributed by atoms with E-state index in [2.05, 4.69) is 34.2 Å². The third-order valence-electron chi connectivity index (χ3n) is 5.43. The number of hydrogen-bond acceptors (Lipinski definition) is 2. The fraction of sp³-hybridized carbons (Fsp3) is 0.571. The fourth-order valence-electron chi connectivity index (χ4n) is 4.02. The second-order valence-corrected chi connectivity index (χ2v) is 7.03. The topological polar surface area (TPSA) is 63.8 Å². The zero-order valence-electron chi connectivity index (χ0n) is 15.4. The molecule has 1 aromatic carbocycles. The summed E-state index contributed by atoms with van der Waals surface area (Å²) in [4.78, 5) is 15.3. The van der Waals surface area contributed by atoms with Crippen molar-refractivity contribution >= 4 is 18.3 Å². The summed E-state index contributed by atoms with van der Waals surface area (Å²) < 4.78 is 0. The Morgan fingerprint density at radius 2 is 1.65 bits per heavy atom. The molecule has 2 fully saturated rings. The smallest absolute Gasteiger partial charge is 0.231 e. The molecule has 1 aliphatic carbocycles. The van der Waals surface area contributed by atoms with Crippen molar-refractivity contribution in [3.8, 4) is 11.8 Å². The molecular weight excluding hydrogens is 348 g/mol. The van der Waals surface area contributed by atoms with Gasteiger partial charge in [-0.05, 0) is 44.3 Å². The molecule has 26 heavy (non-hydrogen) atoms. The standard InChI is InChI=1S/C21H28N2O.ClH.H2O/c24-20(22-15-7-8-16-23-17-9-10-18-23)21(13-5-2-6-14-21)19-11-3-1-4-12-19;;/h1,3-4,11-12H,2,5-6,9-10,13-18H2,(H,22,24);1H;1H2. The van der Waals surface area contributed by atoms with Crippen LogP contribution in [0.25, 0.3) is 0 Å². The zero-order valence-corrected chi connectivity index (χ0v) is 16.2. The van der Waals surface area contributed by atoms with E-state index in [9.17, 15) is 4.79 Å². The van der Waals surface area contributed by atoms with Gasteiger partial charge in [0.25, 0.3) is 0 Å². The number of carbonyl (C=O) groups is 1. The molecule has 0 spiro atoms. The average Bonchev–Trinajstić information content (AvgIpc) is 3.16. The highest BCUT2D eigenvalue weighted by atomic mass is 35.5. The molecule has 4 nitrogen and oxygen atoms in total. The third kappa shape index (κ3) is 5.48. The van der Waals surface area contributed by atoms with Crippen molar-refractivity contribution in [2.45, 2.75) is 50.4 Å². The molecule has 0 unspecified atom stereocenters. The Morgan fingerprint density at radius 3 is 2.31 bits per heavy atom. The van der Waals surface area contributed by atoms with Crippen LogP contribution in [0.15, 0.2) is 30.3 Å². The Bertz CT molecular complexity index is 597. The van der Waals surface area contributed by atoms with Crippen LogP contribution in [-0.2, 0) is 10.2 Å². The minimum atomic E-state index is -0.351. The van der Waals surface area contributed by atoms with Crippen LogP contribution >= 0.6 is 12.4 Å². The molecule has 1 heterocycles. The first kappa shape index (κ1) is 22.5. The Balaban J connectivity index is 0.00000169. The lowest BCUT2D eigenvalue weighted by Crippen LogP contribution is -2.46. The van der Waals surface area contributed by atoms with E-state index in [1.54, 1.807) is 0 Å². The highest BCUT2D eigenvalue weighted by molar-refractivity contribution is 5.88. The number of hydrogen-bond donors (Lipinski definition) is 1. The molecule has 1 amide bonds. The van der Waals surface area contributed by atoms with Crippen LogP contribution in [-0.4, -0.2) is 42.5 Å². The first-order valence-electron chi connectivity index (χ1n) is 9.33. The summed E-state index contributed by atoms with van der Waals surface area (Å²) in [6, 6.07) is 10.3. The van der Waals surface area contributed by atoms with E-state index in [0.717, 1.165) is 50.9 Å². The van der Waals surface area contributed by atoms with Crippen molar-refractivity contribution < 1.29 is 10.3 Å². The van der Waals surface area contributed by atoms with Crippen LogP contribution < -0.4 is 5.32 Å². The Kier molecular flexibility index (Phi) is 9.72. The third-order valence-corrected chi connectivity index (χ3v) is 5.43. The molecule has 5 heteroatoms. The summed E-state index contributed by atoms with van der Waals surface area (Å²) >= 11 is 0. The molecule has 0 radical (unpaired) electrons. The molecule has 0 aromatic heterocycles. The summed E-state index contributed by atoms with van der Waals surface area (Å²) in [5.41, 5.74) is 0.808. The van der Waals surface area contributed by atoms with Gasteiger partial charge >= 0.3 is 0 Å². The maximum absolute atomic E-state index is 13.0. The van der Waals surface area contributed by atoms with Gasteiger partial charge in [-0.2, -0.15) is 0 Å². The molecule has 3 N–H and O–H groups in total. The van der Waals surface area contributed by atoms with E-state index >= 15 is 0 Å². The number of carbonyl (C=O) groups excluding carboxylic acids is 1. The first-order chi connectivity index (χ1) is 11.8. The van der Waals surface area contributed by atoms with Crippen LogP contribution in [0.5, 0.6) is 0 Å². The Morgan fingerprint density at radius 1 is 1.00 bits per heavy atom. The summed E-state index contributed by atoms with van der Waals surface area (Å²) in [7, 11) is 0.